The molecule has 7 N–H and O–H groups in total. The molecule has 9 atom stereocenters. The third kappa shape index (κ3) is 31.2. The first-order chi connectivity index (χ1) is 31.8. The van der Waals surface area contributed by atoms with Crippen molar-refractivity contribution < 1.29 is 68.2 Å². The molecule has 0 amide bonds. The smallest absolute Gasteiger partial charge is 0.462 e. The molecule has 0 aromatic rings. The van der Waals surface area contributed by atoms with E-state index in [1.165, 1.54) is 0 Å². The number of carbonyl (C=O) groups is 2. The molecule has 0 aromatic carbocycles. The van der Waals surface area contributed by atoms with Crippen LogP contribution in [0.2, 0.25) is 0 Å². The number of phosphoric ester groups is 1. The van der Waals surface area contributed by atoms with Crippen LogP contribution in [0.3, 0.4) is 0 Å². The maximum Gasteiger partial charge on any atom is 0.472 e. The summed E-state index contributed by atoms with van der Waals surface area (Å²) in [6.45, 7) is 2.90. The molecule has 0 radical (unpaired) electrons. The Hall–Kier alpha value is -3.79. The van der Waals surface area contributed by atoms with Crippen molar-refractivity contribution in [2.75, 3.05) is 13.2 Å². The summed E-state index contributed by atoms with van der Waals surface area (Å²) in [7, 11) is -5.17. The van der Waals surface area contributed by atoms with Crippen LogP contribution in [0.1, 0.15) is 123 Å². The van der Waals surface area contributed by atoms with Crippen molar-refractivity contribution in [2.24, 2.45) is 0 Å². The predicted octanol–water partition coefficient (Wildman–Crippen LogP) is 8.36. The number of unbranched alkanes of at least 4 members (excludes halogenated alkanes) is 4. The van der Waals surface area contributed by atoms with Gasteiger partial charge >= 0.3 is 19.8 Å². The van der Waals surface area contributed by atoms with E-state index >= 15 is 0 Å². The highest BCUT2D eigenvalue weighted by Gasteiger charge is 2.51. The normalized spacial score (nSPS) is 22.9. The zero-order valence-corrected chi connectivity index (χ0v) is 39.9. The van der Waals surface area contributed by atoms with Crippen LogP contribution in [0.4, 0.5) is 0 Å². The summed E-state index contributed by atoms with van der Waals surface area (Å²) in [5, 5.41) is 60.2. The first-order valence-electron chi connectivity index (χ1n) is 23.4. The van der Waals surface area contributed by atoms with Gasteiger partial charge in [-0.05, 0) is 89.9 Å². The van der Waals surface area contributed by atoms with Gasteiger partial charge in [-0.15, -0.1) is 0 Å². The molecule has 0 bridgehead atoms. The highest BCUT2D eigenvalue weighted by atomic mass is 31.2. The number of hydrogen-bond donors (Lipinski definition) is 7. The van der Waals surface area contributed by atoms with Gasteiger partial charge in [0.15, 0.2) is 6.10 Å². The van der Waals surface area contributed by atoms with Gasteiger partial charge < -0.3 is 45.0 Å². The summed E-state index contributed by atoms with van der Waals surface area (Å²) in [5.74, 6) is -1.26. The van der Waals surface area contributed by atoms with Gasteiger partial charge in [0.2, 0.25) is 0 Å². The first kappa shape index (κ1) is 60.2. The average molecular weight is 947 g/mol. The number of aliphatic hydroxyl groups is 6. The van der Waals surface area contributed by atoms with Crippen LogP contribution in [0.15, 0.2) is 122 Å². The Kier molecular flexibility index (Phi) is 35.8. The third-order valence-electron chi connectivity index (χ3n) is 9.88. The SMILES string of the molecule is CC/C=C\C/C=C\C/C=C\C/C=C\C/C=C\CCCCCC(=O)O[C@H](COC(=O)CCC/C=C\C/C=C\C=C\C(O)C/C=C\C/C=C\CC)COP(=O)(O)OC1[C@H](O)[C@H](O)C(O)[C@H](O)[C@H]1O. The van der Waals surface area contributed by atoms with E-state index in [-0.39, 0.29) is 12.8 Å². The van der Waals surface area contributed by atoms with Gasteiger partial charge in [0.05, 0.1) is 12.7 Å². The third-order valence-corrected chi connectivity index (χ3v) is 10.9. The number of allylic oxidation sites excluding steroid dienone is 18. The topological polar surface area (TPSA) is 230 Å². The summed E-state index contributed by atoms with van der Waals surface area (Å²) in [6.07, 6.45) is 38.5. The summed E-state index contributed by atoms with van der Waals surface area (Å²) < 4.78 is 33.4. The van der Waals surface area contributed by atoms with Crippen LogP contribution in [-0.4, -0.2) is 110 Å². The Morgan fingerprint density at radius 1 is 0.545 bits per heavy atom. The monoisotopic (exact) mass is 947 g/mol. The molecule has 4 unspecified atom stereocenters. The van der Waals surface area contributed by atoms with Crippen LogP contribution in [-0.2, 0) is 32.7 Å². The largest absolute Gasteiger partial charge is 0.472 e. The van der Waals surface area contributed by atoms with E-state index in [1.54, 1.807) is 12.2 Å². The molecule has 1 saturated carbocycles. The molecule has 1 fully saturated rings. The number of rotatable bonds is 36. The summed E-state index contributed by atoms with van der Waals surface area (Å²) in [6, 6.07) is 0. The zero-order valence-electron chi connectivity index (χ0n) is 39.0. The fraction of sp³-hybridized carbons (Fsp3) is 0.569. The second kappa shape index (κ2) is 39.2. The number of ether oxygens (including phenoxy) is 2. The molecule has 0 saturated heterocycles. The molecule has 0 aliphatic heterocycles. The molecule has 15 heteroatoms. The molecule has 0 aromatic heterocycles. The van der Waals surface area contributed by atoms with Crippen molar-refractivity contribution in [3.63, 3.8) is 0 Å². The minimum Gasteiger partial charge on any atom is -0.462 e. The van der Waals surface area contributed by atoms with E-state index in [9.17, 15) is 49.7 Å². The van der Waals surface area contributed by atoms with Gasteiger partial charge in [0.1, 0.15) is 43.2 Å². The van der Waals surface area contributed by atoms with Crippen molar-refractivity contribution >= 4 is 19.8 Å². The van der Waals surface area contributed by atoms with Crippen LogP contribution in [0, 0.1) is 0 Å². The van der Waals surface area contributed by atoms with Crippen LogP contribution < -0.4 is 0 Å². The average Bonchev–Trinajstić information content (AvgIpc) is 3.29. The molecular weight excluding hydrogens is 868 g/mol. The second-order valence-electron chi connectivity index (χ2n) is 15.7. The van der Waals surface area contributed by atoms with Crippen molar-refractivity contribution in [1.29, 1.82) is 0 Å². The molecular formula is C51H79O14P. The molecule has 14 nitrogen and oxygen atoms in total. The van der Waals surface area contributed by atoms with Crippen molar-refractivity contribution in [1.82, 2.24) is 0 Å². The lowest BCUT2D eigenvalue weighted by Gasteiger charge is -2.41. The summed E-state index contributed by atoms with van der Waals surface area (Å²) in [5.41, 5.74) is 0. The van der Waals surface area contributed by atoms with Crippen LogP contribution >= 0.6 is 7.82 Å². The number of phosphoric acid groups is 1. The number of carbonyl (C=O) groups excluding carboxylic acids is 2. The number of hydrogen-bond acceptors (Lipinski definition) is 13. The van der Waals surface area contributed by atoms with E-state index in [4.69, 9.17) is 18.5 Å². The van der Waals surface area contributed by atoms with Gasteiger partial charge in [-0.25, -0.2) is 4.57 Å². The van der Waals surface area contributed by atoms with Crippen LogP contribution in [0.25, 0.3) is 0 Å². The molecule has 1 rings (SSSR count). The highest BCUT2D eigenvalue weighted by molar-refractivity contribution is 7.47. The summed E-state index contributed by atoms with van der Waals surface area (Å²) >= 11 is 0. The Labute approximate surface area is 393 Å². The van der Waals surface area contributed by atoms with Crippen molar-refractivity contribution in [3.05, 3.63) is 122 Å². The Morgan fingerprint density at radius 2 is 1.02 bits per heavy atom. The van der Waals surface area contributed by atoms with E-state index < -0.39 is 81.8 Å². The van der Waals surface area contributed by atoms with E-state index in [0.29, 0.717) is 32.1 Å². The van der Waals surface area contributed by atoms with E-state index in [0.717, 1.165) is 64.2 Å². The lowest BCUT2D eigenvalue weighted by Crippen LogP contribution is -2.64. The lowest BCUT2D eigenvalue weighted by atomic mass is 9.85. The molecule has 1 aliphatic carbocycles. The van der Waals surface area contributed by atoms with E-state index in [2.05, 4.69) is 86.8 Å². The highest BCUT2D eigenvalue weighted by Crippen LogP contribution is 2.47. The predicted molar refractivity (Wildman–Crippen MR) is 259 cm³/mol. The fourth-order valence-corrected chi connectivity index (χ4v) is 7.11. The van der Waals surface area contributed by atoms with Crippen molar-refractivity contribution in [3.8, 4) is 0 Å². The standard InChI is InChI=1S/C51H79O14P/c1-3-5-7-9-11-12-13-14-15-16-17-18-19-20-21-22-27-31-35-39-45(54)64-43(41-63-66(60,61)65-51-49(58)47(56)46(55)48(57)50(51)59)40-62-44(53)38-34-30-26-24-23-25-29-33-37-42(52)36-32-28-10-8-6-4-2/h5-8,11-12,14-15,17-18,20-21,24-26,28-29,32-33,37,42-43,46-52,55-59H,3-4,9-10,13,16,19,22-23,27,30-31,34-36,38-41H2,1-2H3,(H,60,61)/b7-5-,8-6-,12-11-,15-14-,18-17-,21-20-,26-24-,29-25-,32-28-,37-33+/t42?,43-,46?,47-,48+,49-,50-,51?/m1/s1. The minimum atomic E-state index is -5.17. The fourth-order valence-electron chi connectivity index (χ4n) is 6.14. The van der Waals surface area contributed by atoms with Gasteiger partial charge in [-0.1, -0.05) is 142 Å². The molecule has 66 heavy (non-hydrogen) atoms. The molecule has 1 aliphatic rings. The quantitative estimate of drug-likeness (QED) is 0.0103. The number of aliphatic hydroxyl groups excluding tert-OH is 6. The second-order valence-corrected chi connectivity index (χ2v) is 17.1. The van der Waals surface area contributed by atoms with Crippen LogP contribution in [0.5, 0.6) is 0 Å². The lowest BCUT2D eigenvalue weighted by molar-refractivity contribution is -0.220. The van der Waals surface area contributed by atoms with Crippen molar-refractivity contribution in [2.45, 2.75) is 172 Å². The summed E-state index contributed by atoms with van der Waals surface area (Å²) in [4.78, 5) is 35.7. The van der Waals surface area contributed by atoms with Gasteiger partial charge in [0, 0.05) is 12.8 Å². The first-order valence-corrected chi connectivity index (χ1v) is 24.9. The molecule has 0 spiro atoms. The maximum atomic E-state index is 12.8. The van der Waals surface area contributed by atoms with Gasteiger partial charge in [-0.2, -0.15) is 0 Å². The Morgan fingerprint density at radius 3 is 1.58 bits per heavy atom. The maximum absolute atomic E-state index is 12.8. The Balaban J connectivity index is 2.56. The van der Waals surface area contributed by atoms with Gasteiger partial charge in [-0.3, -0.25) is 18.6 Å². The molecule has 372 valence electrons. The molecule has 0 heterocycles. The zero-order chi connectivity index (χ0) is 48.7. The Bertz CT molecular complexity index is 1630. The van der Waals surface area contributed by atoms with Gasteiger partial charge in [0.25, 0.3) is 0 Å². The number of esters is 2. The van der Waals surface area contributed by atoms with E-state index in [1.807, 2.05) is 36.5 Å². The minimum absolute atomic E-state index is 0.0246.